The number of hydrogen-bond donors (Lipinski definition) is 4. The fourth-order valence-corrected chi connectivity index (χ4v) is 3.50. The van der Waals surface area contributed by atoms with Gasteiger partial charge < -0.3 is 20.4 Å². The van der Waals surface area contributed by atoms with Crippen LogP contribution in [0.25, 0.3) is 0 Å². The Kier molecular flexibility index (Phi) is 22.0. The maximum Gasteiger partial charge on any atom is 0.189 e. The van der Waals surface area contributed by atoms with Crippen molar-refractivity contribution in [1.82, 2.24) is 0 Å². The molecule has 0 unspecified atom stereocenters. The molecule has 0 bridgehead atoms. The summed E-state index contributed by atoms with van der Waals surface area (Å²) in [7, 11) is 0. The summed E-state index contributed by atoms with van der Waals surface area (Å²) < 4.78 is 0. The number of hydrogen-bond acceptors (Lipinski definition) is 8. The van der Waals surface area contributed by atoms with Gasteiger partial charge in [0.25, 0.3) is 0 Å². The largest absolute Gasteiger partial charge is 0.512 e. The molecule has 0 aliphatic rings. The minimum atomic E-state index is -0.171. The molecule has 0 saturated carbocycles. The molecule has 4 aromatic carbocycles. The predicted molar refractivity (Wildman–Crippen MR) is 189 cm³/mol. The number of ketones is 4. The van der Waals surface area contributed by atoms with Crippen molar-refractivity contribution in [3.63, 3.8) is 0 Å². The number of carbonyl (C=O) groups is 4. The van der Waals surface area contributed by atoms with Crippen LogP contribution in [0.3, 0.4) is 0 Å². The second-order valence-corrected chi connectivity index (χ2v) is 10.1. The number of rotatable bonds is 8. The van der Waals surface area contributed by atoms with Crippen LogP contribution in [0.4, 0.5) is 0 Å². The number of allylic oxidation sites excluding steroid dienone is 8. The molecule has 0 atom stereocenters. The Morgan fingerprint density at radius 2 is 0.490 bits per heavy atom. The van der Waals surface area contributed by atoms with E-state index in [2.05, 4.69) is 0 Å². The molecule has 49 heavy (non-hydrogen) atoms. The van der Waals surface area contributed by atoms with Gasteiger partial charge in [-0.25, -0.2) is 0 Å². The van der Waals surface area contributed by atoms with Gasteiger partial charge in [-0.05, 0) is 27.7 Å². The number of aliphatic hydroxyl groups excluding tert-OH is 4. The fourth-order valence-electron chi connectivity index (χ4n) is 3.50. The molecule has 9 heteroatoms. The van der Waals surface area contributed by atoms with E-state index in [0.29, 0.717) is 22.3 Å². The van der Waals surface area contributed by atoms with E-state index >= 15 is 0 Å². The van der Waals surface area contributed by atoms with Crippen LogP contribution in [-0.2, 0) is 25.8 Å². The Bertz CT molecular complexity index is 1450. The van der Waals surface area contributed by atoms with E-state index in [9.17, 15) is 19.2 Å². The summed E-state index contributed by atoms with van der Waals surface area (Å²) in [6.07, 6.45) is 4.81. The second-order valence-electron chi connectivity index (χ2n) is 10.1. The van der Waals surface area contributed by atoms with Gasteiger partial charge in [-0.3, -0.25) is 19.2 Å². The Balaban J connectivity index is 0.000000623. The standard InChI is InChI=1S/4C10H10O2.Hf/c4*1-8(11)7-10(12)9-5-3-2-4-6-9;/h4*2-7,11H,1H3;. The summed E-state index contributed by atoms with van der Waals surface area (Å²) in [5.74, 6) is -0.558. The van der Waals surface area contributed by atoms with Gasteiger partial charge in [0.15, 0.2) is 23.1 Å². The number of aliphatic hydroxyl groups is 4. The summed E-state index contributed by atoms with van der Waals surface area (Å²) in [5.41, 5.74) is 2.36. The van der Waals surface area contributed by atoms with Crippen LogP contribution in [0.2, 0.25) is 0 Å². The van der Waals surface area contributed by atoms with Crippen molar-refractivity contribution in [2.75, 3.05) is 0 Å². The zero-order valence-electron chi connectivity index (χ0n) is 27.8. The summed E-state index contributed by atoms with van der Waals surface area (Å²) in [6.45, 7) is 5.89. The Morgan fingerprint density at radius 3 is 0.612 bits per heavy atom. The smallest absolute Gasteiger partial charge is 0.189 e. The van der Waals surface area contributed by atoms with Crippen LogP contribution in [-0.4, -0.2) is 43.6 Å². The minimum absolute atomic E-state index is 0. The van der Waals surface area contributed by atoms with E-state index < -0.39 is 0 Å². The van der Waals surface area contributed by atoms with E-state index in [1.54, 1.807) is 97.1 Å². The molecule has 4 aromatic rings. The SMILES string of the molecule is CC(O)=CC(=O)c1ccccc1.CC(O)=CC(=O)c1ccccc1.CC(O)=CC(=O)c1ccccc1.CC(O)=CC(=O)c1ccccc1.[Hf]. The summed E-state index contributed by atoms with van der Waals surface area (Å²) in [5, 5.41) is 35.3. The molecule has 0 amide bonds. The Hall–Kier alpha value is -5.41. The molecule has 0 aromatic heterocycles. The Labute approximate surface area is 305 Å². The van der Waals surface area contributed by atoms with Crippen LogP contribution >= 0.6 is 0 Å². The van der Waals surface area contributed by atoms with Gasteiger partial charge in [0.05, 0.1) is 23.0 Å². The molecule has 0 aliphatic heterocycles. The third-order valence-electron chi connectivity index (χ3n) is 5.59. The third-order valence-corrected chi connectivity index (χ3v) is 5.59. The summed E-state index contributed by atoms with van der Waals surface area (Å²) >= 11 is 0. The molecule has 0 saturated heterocycles. The van der Waals surface area contributed by atoms with E-state index in [-0.39, 0.29) is 72.0 Å². The van der Waals surface area contributed by atoms with Crippen LogP contribution in [0.1, 0.15) is 69.1 Å². The van der Waals surface area contributed by atoms with Crippen molar-refractivity contribution in [3.05, 3.63) is 191 Å². The zero-order valence-corrected chi connectivity index (χ0v) is 31.4. The van der Waals surface area contributed by atoms with Gasteiger partial charge in [-0.1, -0.05) is 121 Å². The van der Waals surface area contributed by atoms with Gasteiger partial charge in [-0.15, -0.1) is 0 Å². The molecule has 4 rings (SSSR count). The van der Waals surface area contributed by atoms with Crippen molar-refractivity contribution in [3.8, 4) is 0 Å². The van der Waals surface area contributed by atoms with Gasteiger partial charge in [0.2, 0.25) is 0 Å². The normalized spacial score (nSPS) is 11.0. The second kappa shape index (κ2) is 24.7. The van der Waals surface area contributed by atoms with Crippen molar-refractivity contribution in [2.24, 2.45) is 0 Å². The molecule has 8 nitrogen and oxygen atoms in total. The average molecular weight is 827 g/mol. The summed E-state index contributed by atoms with van der Waals surface area (Å²) in [6, 6.07) is 35.3. The van der Waals surface area contributed by atoms with Crippen molar-refractivity contribution in [2.45, 2.75) is 27.7 Å². The summed E-state index contributed by atoms with van der Waals surface area (Å²) in [4.78, 5) is 44.9. The van der Waals surface area contributed by atoms with Gasteiger partial charge in [0.1, 0.15) is 0 Å². The Morgan fingerprint density at radius 1 is 0.347 bits per heavy atom. The van der Waals surface area contributed by atoms with E-state index in [4.69, 9.17) is 20.4 Å². The van der Waals surface area contributed by atoms with Crippen LogP contribution in [0.5, 0.6) is 0 Å². The third kappa shape index (κ3) is 20.4. The molecule has 252 valence electrons. The zero-order chi connectivity index (χ0) is 35.9. The first-order valence-electron chi connectivity index (χ1n) is 14.7. The molecule has 4 N–H and O–H groups in total. The van der Waals surface area contributed by atoms with Crippen molar-refractivity contribution < 1.29 is 65.4 Å². The maximum absolute atomic E-state index is 11.2. The van der Waals surface area contributed by atoms with E-state index in [1.165, 1.54) is 52.0 Å². The van der Waals surface area contributed by atoms with Crippen LogP contribution < -0.4 is 0 Å². The number of carbonyl (C=O) groups excluding carboxylic acids is 4. The fraction of sp³-hybridized carbons (Fsp3) is 0.100. The molecule has 0 fully saturated rings. The first-order valence-corrected chi connectivity index (χ1v) is 14.7. The van der Waals surface area contributed by atoms with E-state index in [1.807, 2.05) is 24.3 Å². The number of benzene rings is 4. The van der Waals surface area contributed by atoms with Crippen molar-refractivity contribution >= 4 is 23.1 Å². The van der Waals surface area contributed by atoms with Crippen LogP contribution in [0, 0.1) is 0 Å². The van der Waals surface area contributed by atoms with Crippen LogP contribution in [0.15, 0.2) is 169 Å². The quantitative estimate of drug-likeness (QED) is 0.0595. The average Bonchev–Trinajstić information content (AvgIpc) is 3.06. The maximum atomic E-state index is 11.2. The molecule has 0 heterocycles. The van der Waals surface area contributed by atoms with Gasteiger partial charge in [0, 0.05) is 72.4 Å². The monoisotopic (exact) mass is 828 g/mol. The molecule has 0 spiro atoms. The topological polar surface area (TPSA) is 149 Å². The molecular weight excluding hydrogens is 787 g/mol. The predicted octanol–water partition coefficient (Wildman–Crippen LogP) is 9.32. The van der Waals surface area contributed by atoms with Gasteiger partial charge in [-0.2, -0.15) is 0 Å². The minimum Gasteiger partial charge on any atom is -0.512 e. The molecular formula is C40H40HfO8. The first kappa shape index (κ1) is 43.6. The molecule has 0 radical (unpaired) electrons. The van der Waals surface area contributed by atoms with Gasteiger partial charge >= 0.3 is 0 Å². The van der Waals surface area contributed by atoms with E-state index in [0.717, 1.165) is 0 Å². The van der Waals surface area contributed by atoms with Crippen molar-refractivity contribution in [1.29, 1.82) is 0 Å². The molecule has 0 aliphatic carbocycles. The first-order chi connectivity index (χ1) is 22.8.